The van der Waals surface area contributed by atoms with Crippen molar-refractivity contribution in [3.8, 4) is 0 Å². The third-order valence-electron chi connectivity index (χ3n) is 4.00. The van der Waals surface area contributed by atoms with Crippen LogP contribution in [0.3, 0.4) is 0 Å². The topological polar surface area (TPSA) is 76.7 Å². The van der Waals surface area contributed by atoms with Gasteiger partial charge in [-0.25, -0.2) is 4.39 Å². The molecule has 0 aliphatic rings. The molecule has 0 saturated heterocycles. The third kappa shape index (κ3) is 4.84. The van der Waals surface area contributed by atoms with Crippen LogP contribution in [0.2, 0.25) is 0 Å². The number of hydrogen-bond acceptors (Lipinski definition) is 3. The van der Waals surface area contributed by atoms with Crippen LogP contribution in [0.4, 0.5) is 15.8 Å². The zero-order valence-electron chi connectivity index (χ0n) is 14.4. The number of quaternary nitrogens is 1. The van der Waals surface area contributed by atoms with Crippen molar-refractivity contribution in [2.45, 2.75) is 20.4 Å². The van der Waals surface area contributed by atoms with Gasteiger partial charge in [0.05, 0.1) is 12.0 Å². The number of carbonyl (C=O) groups is 1. The van der Waals surface area contributed by atoms with Gasteiger partial charge in [-0.3, -0.25) is 14.9 Å². The number of nitrogens with zero attached hydrogens (tertiary/aromatic N) is 1. The molecule has 0 bridgehead atoms. The molecule has 0 aromatic heterocycles. The molecular weight excluding hydrogens is 325 g/mol. The van der Waals surface area contributed by atoms with E-state index in [1.807, 2.05) is 6.92 Å². The highest BCUT2D eigenvalue weighted by atomic mass is 19.1. The second-order valence-corrected chi connectivity index (χ2v) is 6.16. The Labute approximate surface area is 145 Å². The van der Waals surface area contributed by atoms with Gasteiger partial charge in [-0.1, -0.05) is 18.2 Å². The van der Waals surface area contributed by atoms with Crippen molar-refractivity contribution in [1.82, 2.24) is 0 Å². The van der Waals surface area contributed by atoms with E-state index in [0.29, 0.717) is 12.1 Å². The van der Waals surface area contributed by atoms with E-state index >= 15 is 0 Å². The Morgan fingerprint density at radius 2 is 1.88 bits per heavy atom. The Morgan fingerprint density at radius 1 is 1.24 bits per heavy atom. The molecule has 25 heavy (non-hydrogen) atoms. The molecule has 0 aliphatic carbocycles. The zero-order valence-corrected chi connectivity index (χ0v) is 14.4. The Morgan fingerprint density at radius 3 is 2.52 bits per heavy atom. The number of halogens is 1. The van der Waals surface area contributed by atoms with Gasteiger partial charge in [-0.05, 0) is 37.1 Å². The standard InChI is InChI=1S/C18H20FN3O3/c1-12-8-16(17(22(24)25)9-13(12)2)20-18(23)11-21(3)10-14-6-4-5-7-15(14)19/h4-9H,10-11H2,1-3H3,(H,20,23)/p+1. The highest BCUT2D eigenvalue weighted by Crippen LogP contribution is 2.27. The number of nitro benzene ring substituents is 1. The number of anilines is 1. The molecule has 1 atom stereocenters. The molecule has 2 aromatic carbocycles. The smallest absolute Gasteiger partial charge is 0.293 e. The summed E-state index contributed by atoms with van der Waals surface area (Å²) in [6, 6.07) is 9.44. The highest BCUT2D eigenvalue weighted by molar-refractivity contribution is 5.94. The van der Waals surface area contributed by atoms with Crippen molar-refractivity contribution < 1.29 is 19.0 Å². The molecule has 2 N–H and O–H groups in total. The predicted molar refractivity (Wildman–Crippen MR) is 93.1 cm³/mol. The summed E-state index contributed by atoms with van der Waals surface area (Å²) >= 11 is 0. The van der Waals surface area contributed by atoms with Crippen LogP contribution in [0.15, 0.2) is 36.4 Å². The van der Waals surface area contributed by atoms with Crippen molar-refractivity contribution in [2.24, 2.45) is 0 Å². The summed E-state index contributed by atoms with van der Waals surface area (Å²) in [5.41, 5.74) is 2.20. The second-order valence-electron chi connectivity index (χ2n) is 6.16. The lowest BCUT2D eigenvalue weighted by Crippen LogP contribution is -3.08. The first kappa shape index (κ1) is 18.5. The molecule has 0 saturated carbocycles. The van der Waals surface area contributed by atoms with Crippen molar-refractivity contribution in [1.29, 1.82) is 0 Å². The maximum absolute atomic E-state index is 13.7. The van der Waals surface area contributed by atoms with Gasteiger partial charge in [0.2, 0.25) is 0 Å². The maximum Gasteiger partial charge on any atom is 0.293 e. The fourth-order valence-corrected chi connectivity index (χ4v) is 2.55. The Kier molecular flexibility index (Phi) is 5.82. The van der Waals surface area contributed by atoms with Crippen molar-refractivity contribution in [3.05, 3.63) is 69.0 Å². The molecule has 0 fully saturated rings. The van der Waals surface area contributed by atoms with Gasteiger partial charge in [0.15, 0.2) is 6.54 Å². The first-order valence-corrected chi connectivity index (χ1v) is 7.88. The fourth-order valence-electron chi connectivity index (χ4n) is 2.55. The van der Waals surface area contributed by atoms with Gasteiger partial charge in [-0.2, -0.15) is 0 Å². The maximum atomic E-state index is 13.7. The van der Waals surface area contributed by atoms with E-state index in [1.165, 1.54) is 12.1 Å². The Bertz CT molecular complexity index is 808. The number of amides is 1. The van der Waals surface area contributed by atoms with Gasteiger partial charge >= 0.3 is 0 Å². The molecule has 0 heterocycles. The minimum Gasteiger partial charge on any atom is -0.326 e. The third-order valence-corrected chi connectivity index (χ3v) is 4.00. The van der Waals surface area contributed by atoms with Crippen LogP contribution in [-0.4, -0.2) is 24.4 Å². The first-order chi connectivity index (χ1) is 11.8. The number of nitro groups is 1. The normalized spacial score (nSPS) is 11.8. The number of carbonyl (C=O) groups excluding carboxylic acids is 1. The number of aryl methyl sites for hydroxylation is 2. The lowest BCUT2D eigenvalue weighted by molar-refractivity contribution is -0.885. The average Bonchev–Trinajstić information content (AvgIpc) is 2.52. The van der Waals surface area contributed by atoms with Crippen LogP contribution in [0, 0.1) is 29.8 Å². The second kappa shape index (κ2) is 7.85. The van der Waals surface area contributed by atoms with Crippen LogP contribution < -0.4 is 10.2 Å². The predicted octanol–water partition coefficient (Wildman–Crippen LogP) is 2.00. The minimum atomic E-state index is -0.516. The van der Waals surface area contributed by atoms with Gasteiger partial charge in [0.1, 0.15) is 18.0 Å². The van der Waals surface area contributed by atoms with Crippen LogP contribution in [0.5, 0.6) is 0 Å². The van der Waals surface area contributed by atoms with E-state index in [4.69, 9.17) is 0 Å². The van der Waals surface area contributed by atoms with Crippen molar-refractivity contribution in [2.75, 3.05) is 18.9 Å². The summed E-state index contributed by atoms with van der Waals surface area (Å²) in [7, 11) is 1.76. The van der Waals surface area contributed by atoms with Crippen LogP contribution >= 0.6 is 0 Å². The van der Waals surface area contributed by atoms with Gasteiger partial charge < -0.3 is 10.2 Å². The number of benzene rings is 2. The first-order valence-electron chi connectivity index (χ1n) is 7.88. The van der Waals surface area contributed by atoms with Crippen molar-refractivity contribution in [3.63, 3.8) is 0 Å². The van der Waals surface area contributed by atoms with Gasteiger partial charge in [0, 0.05) is 11.6 Å². The van der Waals surface area contributed by atoms with Gasteiger partial charge in [-0.15, -0.1) is 0 Å². The zero-order chi connectivity index (χ0) is 18.6. The summed E-state index contributed by atoms with van der Waals surface area (Å²) in [6.45, 7) is 4.01. The lowest BCUT2D eigenvalue weighted by Gasteiger charge is -2.15. The van der Waals surface area contributed by atoms with E-state index in [-0.39, 0.29) is 29.6 Å². The largest absolute Gasteiger partial charge is 0.326 e. The molecule has 2 rings (SSSR count). The summed E-state index contributed by atoms with van der Waals surface area (Å²) in [4.78, 5) is 23.7. The van der Waals surface area contributed by atoms with E-state index in [1.54, 1.807) is 38.2 Å². The molecule has 132 valence electrons. The van der Waals surface area contributed by atoms with Gasteiger partial charge in [0.25, 0.3) is 11.6 Å². The Hall–Kier alpha value is -2.80. The highest BCUT2D eigenvalue weighted by Gasteiger charge is 2.19. The molecule has 1 unspecified atom stereocenters. The molecular formula is C18H21FN3O3+. The molecule has 6 nitrogen and oxygen atoms in total. The van der Waals surface area contributed by atoms with E-state index in [9.17, 15) is 19.3 Å². The Balaban J connectivity index is 2.06. The minimum absolute atomic E-state index is 0.0679. The molecule has 0 spiro atoms. The molecule has 0 radical (unpaired) electrons. The fraction of sp³-hybridized carbons (Fsp3) is 0.278. The lowest BCUT2D eigenvalue weighted by atomic mass is 10.1. The summed E-state index contributed by atoms with van der Waals surface area (Å²) in [5, 5.41) is 13.8. The van der Waals surface area contributed by atoms with E-state index in [2.05, 4.69) is 5.32 Å². The average molecular weight is 346 g/mol. The molecule has 7 heteroatoms. The quantitative estimate of drug-likeness (QED) is 0.620. The molecule has 0 aliphatic heterocycles. The number of rotatable bonds is 6. The molecule has 1 amide bonds. The monoisotopic (exact) mass is 346 g/mol. The number of hydrogen-bond donors (Lipinski definition) is 2. The SMILES string of the molecule is Cc1cc(NC(=O)C[NH+](C)Cc2ccccc2F)c([N+](=O)[O-])cc1C. The summed E-state index contributed by atoms with van der Waals surface area (Å²) in [5.74, 6) is -0.674. The molecule has 2 aromatic rings. The van der Waals surface area contributed by atoms with Crippen LogP contribution in [0.25, 0.3) is 0 Å². The van der Waals surface area contributed by atoms with Crippen LogP contribution in [0.1, 0.15) is 16.7 Å². The van der Waals surface area contributed by atoms with Crippen LogP contribution in [-0.2, 0) is 11.3 Å². The van der Waals surface area contributed by atoms with E-state index in [0.717, 1.165) is 16.0 Å². The van der Waals surface area contributed by atoms with Crippen molar-refractivity contribution >= 4 is 17.3 Å². The van der Waals surface area contributed by atoms with E-state index < -0.39 is 4.92 Å². The summed E-state index contributed by atoms with van der Waals surface area (Å²) in [6.07, 6.45) is 0. The summed E-state index contributed by atoms with van der Waals surface area (Å²) < 4.78 is 13.7. The number of nitrogens with one attached hydrogen (secondary N) is 2. The number of likely N-dealkylation sites (N-methyl/N-ethyl adjacent to an activating group) is 1.